The van der Waals surface area contributed by atoms with Crippen LogP contribution in [-0.4, -0.2) is 16.1 Å². The van der Waals surface area contributed by atoms with Gasteiger partial charge in [-0.05, 0) is 38.1 Å². The molecular weight excluding hydrogens is 256 g/mol. The van der Waals surface area contributed by atoms with Crippen LogP contribution in [0.1, 0.15) is 35.1 Å². The van der Waals surface area contributed by atoms with E-state index in [4.69, 9.17) is 20.9 Å². The molecule has 0 fully saturated rings. The number of benzene rings is 1. The predicted octanol–water partition coefficient (Wildman–Crippen LogP) is 2.95. The number of hydrogen-bond donors (Lipinski definition) is 0. The van der Waals surface area contributed by atoms with Gasteiger partial charge in [-0.2, -0.15) is 4.98 Å². The van der Waals surface area contributed by atoms with Crippen LogP contribution in [0.15, 0.2) is 28.8 Å². The summed E-state index contributed by atoms with van der Waals surface area (Å²) < 4.78 is 10.1. The van der Waals surface area contributed by atoms with E-state index < -0.39 is 12.1 Å². The Morgan fingerprint density at radius 2 is 2.06 bits per heavy atom. The van der Waals surface area contributed by atoms with Crippen molar-refractivity contribution in [2.75, 3.05) is 0 Å². The van der Waals surface area contributed by atoms with Gasteiger partial charge in [0.15, 0.2) is 11.9 Å². The molecule has 0 spiro atoms. The summed E-state index contributed by atoms with van der Waals surface area (Å²) in [5.41, 5.74) is 0.419. The van der Waals surface area contributed by atoms with E-state index in [0.29, 0.717) is 16.4 Å². The number of aryl methyl sites for hydroxylation is 1. The molecule has 1 unspecified atom stereocenters. The summed E-state index contributed by atoms with van der Waals surface area (Å²) in [7, 11) is 0. The molecule has 2 aromatic rings. The predicted molar refractivity (Wildman–Crippen MR) is 64.3 cm³/mol. The largest absolute Gasteiger partial charge is 0.449 e. The minimum Gasteiger partial charge on any atom is -0.449 e. The molecule has 0 aliphatic carbocycles. The molecule has 6 heteroatoms. The quantitative estimate of drug-likeness (QED) is 0.799. The summed E-state index contributed by atoms with van der Waals surface area (Å²) in [6, 6.07) is 6.44. The van der Waals surface area contributed by atoms with Crippen LogP contribution in [0.4, 0.5) is 0 Å². The second kappa shape index (κ2) is 5.18. The maximum absolute atomic E-state index is 11.8. The van der Waals surface area contributed by atoms with E-state index in [0.717, 1.165) is 0 Å². The van der Waals surface area contributed by atoms with Crippen molar-refractivity contribution in [2.24, 2.45) is 0 Å². The van der Waals surface area contributed by atoms with E-state index in [9.17, 15) is 4.79 Å². The first-order valence-corrected chi connectivity index (χ1v) is 5.71. The molecule has 0 bridgehead atoms. The molecule has 1 atom stereocenters. The lowest BCUT2D eigenvalue weighted by Crippen LogP contribution is -2.09. The molecular formula is C12H11ClN2O3. The Hall–Kier alpha value is -1.88. The molecule has 18 heavy (non-hydrogen) atoms. The number of hydrogen-bond acceptors (Lipinski definition) is 5. The van der Waals surface area contributed by atoms with Gasteiger partial charge >= 0.3 is 5.97 Å². The van der Waals surface area contributed by atoms with E-state index in [1.807, 2.05) is 0 Å². The van der Waals surface area contributed by atoms with E-state index in [-0.39, 0.29) is 5.89 Å². The normalized spacial score (nSPS) is 12.2. The van der Waals surface area contributed by atoms with Crippen molar-refractivity contribution in [3.63, 3.8) is 0 Å². The second-order valence-electron chi connectivity index (χ2n) is 3.73. The van der Waals surface area contributed by atoms with Gasteiger partial charge in [0.1, 0.15) is 0 Å². The van der Waals surface area contributed by atoms with Crippen molar-refractivity contribution in [1.29, 1.82) is 0 Å². The third kappa shape index (κ3) is 2.87. The molecule has 94 valence electrons. The molecule has 1 aromatic heterocycles. The van der Waals surface area contributed by atoms with Gasteiger partial charge in [0.2, 0.25) is 0 Å². The highest BCUT2D eigenvalue weighted by molar-refractivity contribution is 6.30. The van der Waals surface area contributed by atoms with Crippen molar-refractivity contribution in [2.45, 2.75) is 20.0 Å². The van der Waals surface area contributed by atoms with Crippen LogP contribution in [0.2, 0.25) is 5.02 Å². The monoisotopic (exact) mass is 266 g/mol. The number of esters is 1. The van der Waals surface area contributed by atoms with Crippen LogP contribution in [0.5, 0.6) is 0 Å². The summed E-state index contributed by atoms with van der Waals surface area (Å²) in [5, 5.41) is 4.20. The zero-order valence-corrected chi connectivity index (χ0v) is 10.6. The Balaban J connectivity index is 2.05. The maximum Gasteiger partial charge on any atom is 0.338 e. The third-order valence-corrected chi connectivity index (χ3v) is 2.51. The van der Waals surface area contributed by atoms with E-state index in [1.165, 1.54) is 0 Å². The molecule has 0 saturated heterocycles. The molecule has 1 aromatic carbocycles. The number of halogens is 1. The first-order chi connectivity index (χ1) is 8.56. The Kier molecular flexibility index (Phi) is 3.62. The highest BCUT2D eigenvalue weighted by Crippen LogP contribution is 2.17. The van der Waals surface area contributed by atoms with Crippen molar-refractivity contribution >= 4 is 17.6 Å². The van der Waals surface area contributed by atoms with Crippen molar-refractivity contribution in [3.8, 4) is 0 Å². The number of nitrogens with zero attached hydrogens (tertiary/aromatic N) is 2. The minimum atomic E-state index is -0.589. The van der Waals surface area contributed by atoms with Gasteiger partial charge in [0.05, 0.1) is 5.56 Å². The van der Waals surface area contributed by atoms with Gasteiger partial charge in [0, 0.05) is 5.02 Å². The Morgan fingerprint density at radius 3 is 2.61 bits per heavy atom. The number of ether oxygens (including phenoxy) is 1. The highest BCUT2D eigenvalue weighted by Gasteiger charge is 2.18. The molecule has 0 saturated carbocycles. The molecule has 0 aliphatic heterocycles. The molecule has 5 nitrogen and oxygen atoms in total. The number of carbonyl (C=O) groups excluding carboxylic acids is 1. The van der Waals surface area contributed by atoms with Crippen LogP contribution in [0, 0.1) is 6.92 Å². The van der Waals surface area contributed by atoms with Gasteiger partial charge in [-0.25, -0.2) is 4.79 Å². The fourth-order valence-electron chi connectivity index (χ4n) is 1.34. The number of rotatable bonds is 3. The van der Waals surface area contributed by atoms with Crippen molar-refractivity contribution in [3.05, 3.63) is 46.6 Å². The fraction of sp³-hybridized carbons (Fsp3) is 0.250. The third-order valence-electron chi connectivity index (χ3n) is 2.25. The maximum atomic E-state index is 11.8. The highest BCUT2D eigenvalue weighted by atomic mass is 35.5. The number of carbonyl (C=O) groups is 1. The lowest BCUT2D eigenvalue weighted by molar-refractivity contribution is 0.0265. The van der Waals surface area contributed by atoms with E-state index >= 15 is 0 Å². The second-order valence-corrected chi connectivity index (χ2v) is 4.17. The molecule has 1 heterocycles. The standard InChI is InChI=1S/C12H11ClN2O3/c1-7(11-14-8(2)15-18-11)17-12(16)9-3-5-10(13)6-4-9/h3-7H,1-2H3. The first-order valence-electron chi connectivity index (χ1n) is 5.33. The number of aromatic nitrogens is 2. The molecule has 0 amide bonds. The average Bonchev–Trinajstić information content (AvgIpc) is 2.76. The van der Waals surface area contributed by atoms with Gasteiger partial charge in [-0.3, -0.25) is 0 Å². The van der Waals surface area contributed by atoms with Gasteiger partial charge in [-0.1, -0.05) is 16.8 Å². The van der Waals surface area contributed by atoms with Gasteiger partial charge in [-0.15, -0.1) is 0 Å². The van der Waals surface area contributed by atoms with Crippen LogP contribution in [0.3, 0.4) is 0 Å². The van der Waals surface area contributed by atoms with Gasteiger partial charge in [0.25, 0.3) is 5.89 Å². The zero-order chi connectivity index (χ0) is 13.1. The summed E-state index contributed by atoms with van der Waals surface area (Å²) in [5.74, 6) is 0.309. The molecule has 0 radical (unpaired) electrons. The Bertz CT molecular complexity index is 551. The van der Waals surface area contributed by atoms with E-state index in [1.54, 1.807) is 38.1 Å². The van der Waals surface area contributed by atoms with Crippen LogP contribution >= 0.6 is 11.6 Å². The van der Waals surface area contributed by atoms with Crippen LogP contribution < -0.4 is 0 Å². The Morgan fingerprint density at radius 1 is 1.39 bits per heavy atom. The summed E-state index contributed by atoms with van der Waals surface area (Å²) in [6.45, 7) is 3.36. The van der Waals surface area contributed by atoms with Crippen LogP contribution in [0.25, 0.3) is 0 Å². The Labute approximate surface area is 109 Å². The SMILES string of the molecule is Cc1noc(C(C)OC(=O)c2ccc(Cl)cc2)n1. The lowest BCUT2D eigenvalue weighted by atomic mass is 10.2. The average molecular weight is 267 g/mol. The van der Waals surface area contributed by atoms with Crippen molar-refractivity contribution < 1.29 is 14.1 Å². The fourth-order valence-corrected chi connectivity index (χ4v) is 1.47. The summed E-state index contributed by atoms with van der Waals surface area (Å²) >= 11 is 5.74. The minimum absolute atomic E-state index is 0.273. The van der Waals surface area contributed by atoms with Crippen molar-refractivity contribution in [1.82, 2.24) is 10.1 Å². The van der Waals surface area contributed by atoms with E-state index in [2.05, 4.69) is 10.1 Å². The molecule has 2 rings (SSSR count). The summed E-state index contributed by atoms with van der Waals surface area (Å²) in [6.07, 6.45) is -0.589. The van der Waals surface area contributed by atoms with Gasteiger partial charge < -0.3 is 9.26 Å². The topological polar surface area (TPSA) is 65.2 Å². The smallest absolute Gasteiger partial charge is 0.338 e. The van der Waals surface area contributed by atoms with Crippen LogP contribution in [-0.2, 0) is 4.74 Å². The molecule has 0 N–H and O–H groups in total. The molecule has 0 aliphatic rings. The zero-order valence-electron chi connectivity index (χ0n) is 9.88. The summed E-state index contributed by atoms with van der Waals surface area (Å²) in [4.78, 5) is 15.8. The first kappa shape index (κ1) is 12.6. The lowest BCUT2D eigenvalue weighted by Gasteiger charge is -2.08.